The van der Waals surface area contributed by atoms with Crippen molar-refractivity contribution in [3.8, 4) is 0 Å². The molecule has 2 N–H and O–H groups in total. The zero-order valence-corrected chi connectivity index (χ0v) is 19.3. The Kier molecular flexibility index (Phi) is 6.72. The highest BCUT2D eigenvalue weighted by molar-refractivity contribution is 6.30. The Morgan fingerprint density at radius 3 is 2.52 bits per heavy atom. The normalized spacial score (nSPS) is 20.6. The first-order chi connectivity index (χ1) is 16.2. The predicted octanol–water partition coefficient (Wildman–Crippen LogP) is 3.75. The number of aromatic nitrogens is 1. The van der Waals surface area contributed by atoms with Gasteiger partial charge in [0.15, 0.2) is 0 Å². The molecular formula is C27H29ClN4O. The second kappa shape index (κ2) is 10.0. The van der Waals surface area contributed by atoms with E-state index in [1.54, 1.807) is 12.4 Å². The van der Waals surface area contributed by atoms with Gasteiger partial charge in [0.25, 0.3) is 0 Å². The lowest BCUT2D eigenvalue weighted by Gasteiger charge is -2.29. The van der Waals surface area contributed by atoms with Gasteiger partial charge < -0.3 is 10.6 Å². The molecule has 0 radical (unpaired) electrons. The fourth-order valence-corrected chi connectivity index (χ4v) is 5.37. The van der Waals surface area contributed by atoms with E-state index in [-0.39, 0.29) is 18.0 Å². The largest absolute Gasteiger partial charge is 0.351 e. The minimum Gasteiger partial charge on any atom is -0.351 e. The van der Waals surface area contributed by atoms with Gasteiger partial charge in [-0.3, -0.25) is 14.7 Å². The van der Waals surface area contributed by atoms with Gasteiger partial charge in [0.2, 0.25) is 5.91 Å². The molecule has 1 aliphatic heterocycles. The zero-order valence-electron chi connectivity index (χ0n) is 18.6. The molecule has 1 aromatic heterocycles. The smallest absolute Gasteiger partial charge is 0.237 e. The van der Waals surface area contributed by atoms with Gasteiger partial charge in [0, 0.05) is 49.1 Å². The molecule has 3 aromatic rings. The maximum Gasteiger partial charge on any atom is 0.237 e. The summed E-state index contributed by atoms with van der Waals surface area (Å²) in [5.41, 5.74) is 4.99. The van der Waals surface area contributed by atoms with Crippen molar-refractivity contribution in [3.05, 3.63) is 100 Å². The van der Waals surface area contributed by atoms with Crippen LogP contribution >= 0.6 is 11.6 Å². The summed E-state index contributed by atoms with van der Waals surface area (Å²) in [6, 6.07) is 21.0. The molecule has 2 heterocycles. The number of hydrogen-bond donors (Lipinski definition) is 2. The molecular weight excluding hydrogens is 432 g/mol. The standard InChI is InChI=1S/C27H29ClN4O/c28-23-9-3-5-19(11-23)16-30-24-14-26(27(33)31-17-20-6-4-10-29-15-20)32(18-24)25-12-21-7-1-2-8-22(21)13-25/h1-11,15,24-26,30H,12-14,16-18H2,(H,31,33)/t24-,26-/m0/s1. The van der Waals surface area contributed by atoms with E-state index in [2.05, 4.69) is 50.8 Å². The van der Waals surface area contributed by atoms with Crippen molar-refractivity contribution in [1.82, 2.24) is 20.5 Å². The second-order valence-electron chi connectivity index (χ2n) is 9.07. The minimum atomic E-state index is -0.141. The summed E-state index contributed by atoms with van der Waals surface area (Å²) < 4.78 is 0. The van der Waals surface area contributed by atoms with Crippen LogP contribution in [0.4, 0.5) is 0 Å². The summed E-state index contributed by atoms with van der Waals surface area (Å²) in [7, 11) is 0. The van der Waals surface area contributed by atoms with Crippen molar-refractivity contribution >= 4 is 17.5 Å². The lowest BCUT2D eigenvalue weighted by Crippen LogP contribution is -2.48. The SMILES string of the molecule is O=C(NCc1cccnc1)[C@@H]1C[C@H](NCc2cccc(Cl)c2)CN1C1Cc2ccccc2C1. The third-order valence-electron chi connectivity index (χ3n) is 6.81. The summed E-state index contributed by atoms with van der Waals surface area (Å²) in [6.07, 6.45) is 6.35. The quantitative estimate of drug-likeness (QED) is 0.563. The first-order valence-electron chi connectivity index (χ1n) is 11.6. The number of likely N-dealkylation sites (tertiary alicyclic amines) is 1. The summed E-state index contributed by atoms with van der Waals surface area (Å²) >= 11 is 6.15. The second-order valence-corrected chi connectivity index (χ2v) is 9.50. The van der Waals surface area contributed by atoms with Gasteiger partial charge in [-0.1, -0.05) is 54.1 Å². The van der Waals surface area contributed by atoms with E-state index in [1.807, 2.05) is 30.3 Å². The fourth-order valence-electron chi connectivity index (χ4n) is 5.16. The molecule has 2 atom stereocenters. The molecule has 5 rings (SSSR count). The highest BCUT2D eigenvalue weighted by Crippen LogP contribution is 2.31. The average Bonchev–Trinajstić information content (AvgIpc) is 3.46. The topological polar surface area (TPSA) is 57.3 Å². The predicted molar refractivity (Wildman–Crippen MR) is 131 cm³/mol. The molecule has 5 nitrogen and oxygen atoms in total. The van der Waals surface area contributed by atoms with E-state index >= 15 is 0 Å². The van der Waals surface area contributed by atoms with E-state index < -0.39 is 0 Å². The van der Waals surface area contributed by atoms with E-state index in [1.165, 1.54) is 11.1 Å². The number of rotatable bonds is 7. The number of benzene rings is 2. The van der Waals surface area contributed by atoms with Gasteiger partial charge in [-0.25, -0.2) is 0 Å². The lowest BCUT2D eigenvalue weighted by molar-refractivity contribution is -0.126. The molecule has 170 valence electrons. The minimum absolute atomic E-state index is 0.0989. The van der Waals surface area contributed by atoms with Crippen molar-refractivity contribution in [2.75, 3.05) is 6.54 Å². The number of nitrogens with one attached hydrogen (secondary N) is 2. The summed E-state index contributed by atoms with van der Waals surface area (Å²) in [5, 5.41) is 7.57. The van der Waals surface area contributed by atoms with Gasteiger partial charge in [0.1, 0.15) is 0 Å². The van der Waals surface area contributed by atoms with Crippen LogP contribution in [0.1, 0.15) is 28.7 Å². The van der Waals surface area contributed by atoms with Gasteiger partial charge in [-0.2, -0.15) is 0 Å². The van der Waals surface area contributed by atoms with Gasteiger partial charge in [-0.05, 0) is 59.7 Å². The molecule has 1 fully saturated rings. The first-order valence-corrected chi connectivity index (χ1v) is 12.0. The summed E-state index contributed by atoms with van der Waals surface area (Å²) in [6.45, 7) is 2.11. The molecule has 1 amide bonds. The monoisotopic (exact) mass is 460 g/mol. The number of pyridine rings is 1. The number of nitrogens with zero attached hydrogens (tertiary/aromatic N) is 2. The maximum atomic E-state index is 13.3. The van der Waals surface area contributed by atoms with E-state index in [9.17, 15) is 4.79 Å². The fraction of sp³-hybridized carbons (Fsp3) is 0.333. The van der Waals surface area contributed by atoms with Gasteiger partial charge in [0.05, 0.1) is 6.04 Å². The van der Waals surface area contributed by atoms with Crippen molar-refractivity contribution in [1.29, 1.82) is 0 Å². The van der Waals surface area contributed by atoms with Crippen molar-refractivity contribution in [2.24, 2.45) is 0 Å². The molecule has 33 heavy (non-hydrogen) atoms. The van der Waals surface area contributed by atoms with Gasteiger partial charge >= 0.3 is 0 Å². The van der Waals surface area contributed by atoms with Crippen LogP contribution in [0, 0.1) is 0 Å². The van der Waals surface area contributed by atoms with Crippen LogP contribution < -0.4 is 10.6 Å². The summed E-state index contributed by atoms with van der Waals surface area (Å²) in [5.74, 6) is 0.0989. The number of hydrogen-bond acceptors (Lipinski definition) is 4. The third-order valence-corrected chi connectivity index (χ3v) is 7.05. The number of amides is 1. The Labute approximate surface area is 200 Å². The van der Waals surface area contributed by atoms with Crippen LogP contribution in [0.2, 0.25) is 5.02 Å². The third kappa shape index (κ3) is 5.27. The van der Waals surface area contributed by atoms with Crippen LogP contribution in [0.3, 0.4) is 0 Å². The molecule has 6 heteroatoms. The van der Waals surface area contributed by atoms with E-state index in [0.717, 1.165) is 48.5 Å². The Morgan fingerprint density at radius 2 is 1.79 bits per heavy atom. The van der Waals surface area contributed by atoms with Crippen LogP contribution in [0.15, 0.2) is 73.1 Å². The first kappa shape index (κ1) is 22.1. The molecule has 0 bridgehead atoms. The molecule has 1 aliphatic carbocycles. The van der Waals surface area contributed by atoms with Crippen molar-refractivity contribution in [2.45, 2.75) is 50.5 Å². The molecule has 0 spiro atoms. The van der Waals surface area contributed by atoms with Crippen LogP contribution in [-0.2, 0) is 30.7 Å². The van der Waals surface area contributed by atoms with Crippen molar-refractivity contribution in [3.63, 3.8) is 0 Å². The zero-order chi connectivity index (χ0) is 22.6. The summed E-state index contributed by atoms with van der Waals surface area (Å²) in [4.78, 5) is 19.9. The molecule has 1 saturated heterocycles. The van der Waals surface area contributed by atoms with Gasteiger partial charge in [-0.15, -0.1) is 0 Å². The number of fused-ring (bicyclic) bond motifs is 1. The van der Waals surface area contributed by atoms with Crippen LogP contribution in [-0.4, -0.2) is 40.5 Å². The van der Waals surface area contributed by atoms with E-state index in [4.69, 9.17) is 11.6 Å². The molecule has 2 aromatic carbocycles. The van der Waals surface area contributed by atoms with Crippen LogP contribution in [0.5, 0.6) is 0 Å². The number of halogens is 1. The Balaban J connectivity index is 1.27. The maximum absolute atomic E-state index is 13.3. The highest BCUT2D eigenvalue weighted by atomic mass is 35.5. The molecule has 0 unspecified atom stereocenters. The number of carbonyl (C=O) groups is 1. The Bertz CT molecular complexity index is 1080. The lowest BCUT2D eigenvalue weighted by atomic mass is 10.1. The Morgan fingerprint density at radius 1 is 1.00 bits per heavy atom. The highest BCUT2D eigenvalue weighted by Gasteiger charge is 2.41. The molecule has 0 saturated carbocycles. The Hall–Kier alpha value is -2.73. The van der Waals surface area contributed by atoms with Crippen LogP contribution in [0.25, 0.3) is 0 Å². The van der Waals surface area contributed by atoms with Crippen molar-refractivity contribution < 1.29 is 4.79 Å². The number of carbonyl (C=O) groups excluding carboxylic acids is 1. The average molecular weight is 461 g/mol. The molecule has 2 aliphatic rings. The van der Waals surface area contributed by atoms with E-state index in [0.29, 0.717) is 12.6 Å².